The lowest BCUT2D eigenvalue weighted by Crippen LogP contribution is -2.39. The van der Waals surface area contributed by atoms with Crippen LogP contribution in [-0.4, -0.2) is 53.6 Å². The number of carbonyl (C=O) groups excluding carboxylic acids is 2. The van der Waals surface area contributed by atoms with E-state index in [-0.39, 0.29) is 18.4 Å². The Kier molecular flexibility index (Phi) is 7.31. The molecule has 1 aromatic rings. The number of piperidine rings is 1. The zero-order valence-corrected chi connectivity index (χ0v) is 14.8. The molecule has 6 nitrogen and oxygen atoms in total. The fourth-order valence-electron chi connectivity index (χ4n) is 3.10. The van der Waals surface area contributed by atoms with Crippen molar-refractivity contribution in [1.29, 1.82) is 0 Å². The first kappa shape index (κ1) is 18.5. The predicted molar refractivity (Wildman–Crippen MR) is 92.9 cm³/mol. The first-order valence-electron chi connectivity index (χ1n) is 8.93. The first-order chi connectivity index (χ1) is 11.6. The Morgan fingerprint density at radius 2 is 2.21 bits per heavy atom. The number of esters is 1. The van der Waals surface area contributed by atoms with Gasteiger partial charge in [-0.3, -0.25) is 4.79 Å². The van der Waals surface area contributed by atoms with Gasteiger partial charge in [-0.25, -0.2) is 4.79 Å². The van der Waals surface area contributed by atoms with Crippen LogP contribution < -0.4 is 5.32 Å². The molecule has 2 rings (SSSR count). The van der Waals surface area contributed by atoms with Gasteiger partial charge in [-0.15, -0.1) is 0 Å². The van der Waals surface area contributed by atoms with Gasteiger partial charge in [0.25, 0.3) is 0 Å². The van der Waals surface area contributed by atoms with Gasteiger partial charge in [0.1, 0.15) is 6.54 Å². The van der Waals surface area contributed by atoms with E-state index in [9.17, 15) is 9.59 Å². The third-order valence-corrected chi connectivity index (χ3v) is 4.47. The number of ether oxygens (including phenoxy) is 1. The molecule has 24 heavy (non-hydrogen) atoms. The molecule has 0 spiro atoms. The van der Waals surface area contributed by atoms with Gasteiger partial charge < -0.3 is 19.5 Å². The topological polar surface area (TPSA) is 63.6 Å². The van der Waals surface area contributed by atoms with Crippen LogP contribution in [-0.2, 0) is 16.1 Å². The van der Waals surface area contributed by atoms with Crippen LogP contribution >= 0.6 is 0 Å². The largest absolute Gasteiger partial charge is 0.462 e. The summed E-state index contributed by atoms with van der Waals surface area (Å²) in [4.78, 5) is 26.1. The highest BCUT2D eigenvalue weighted by Crippen LogP contribution is 2.16. The summed E-state index contributed by atoms with van der Waals surface area (Å²) in [6, 6.07) is 2.33. The lowest BCUT2D eigenvalue weighted by molar-refractivity contribution is -0.121. The Labute approximate surface area is 144 Å². The molecule has 0 radical (unpaired) electrons. The van der Waals surface area contributed by atoms with Gasteiger partial charge in [0.15, 0.2) is 0 Å². The van der Waals surface area contributed by atoms with E-state index in [1.807, 2.05) is 0 Å². The Hall–Kier alpha value is -1.82. The Morgan fingerprint density at radius 3 is 2.96 bits per heavy atom. The highest BCUT2D eigenvalue weighted by atomic mass is 16.5. The highest BCUT2D eigenvalue weighted by molar-refractivity contribution is 5.89. The SMILES string of the molecule is CCOC(=O)c1ccn(CC(=O)NCCCN2CCCCC2C)c1. The molecule has 1 aliphatic heterocycles. The molecule has 134 valence electrons. The Morgan fingerprint density at radius 1 is 1.38 bits per heavy atom. The van der Waals surface area contributed by atoms with Crippen molar-refractivity contribution in [3.63, 3.8) is 0 Å². The van der Waals surface area contributed by atoms with Crippen LogP contribution in [0.4, 0.5) is 0 Å². The number of carbonyl (C=O) groups is 2. The number of hydrogen-bond acceptors (Lipinski definition) is 4. The molecular weight excluding hydrogens is 306 g/mol. The third-order valence-electron chi connectivity index (χ3n) is 4.47. The standard InChI is InChI=1S/C18H29N3O3/c1-3-24-18(23)16-8-12-20(13-16)14-17(22)19-9-6-11-21-10-5-4-7-15(21)2/h8,12-13,15H,3-7,9-11,14H2,1-2H3,(H,19,22). The van der Waals surface area contributed by atoms with Crippen LogP contribution in [0.2, 0.25) is 0 Å². The maximum absolute atomic E-state index is 12.0. The fraction of sp³-hybridized carbons (Fsp3) is 0.667. The average molecular weight is 335 g/mol. The molecule has 2 heterocycles. The predicted octanol–water partition coefficient (Wildman–Crippen LogP) is 2.05. The van der Waals surface area contributed by atoms with Gasteiger partial charge in [0, 0.05) is 31.5 Å². The van der Waals surface area contributed by atoms with Crippen molar-refractivity contribution in [3.8, 4) is 0 Å². The molecule has 6 heteroatoms. The summed E-state index contributed by atoms with van der Waals surface area (Å²) in [6.45, 7) is 7.53. The maximum Gasteiger partial charge on any atom is 0.339 e. The second-order valence-electron chi connectivity index (χ2n) is 6.38. The molecule has 1 aromatic heterocycles. The highest BCUT2D eigenvalue weighted by Gasteiger charge is 2.17. The minimum atomic E-state index is -0.354. The minimum Gasteiger partial charge on any atom is -0.462 e. The lowest BCUT2D eigenvalue weighted by Gasteiger charge is -2.33. The molecule has 1 fully saturated rings. The first-order valence-corrected chi connectivity index (χ1v) is 8.93. The van der Waals surface area contributed by atoms with Crippen LogP contribution in [0.5, 0.6) is 0 Å². The summed E-state index contributed by atoms with van der Waals surface area (Å²) in [5.41, 5.74) is 0.476. The van der Waals surface area contributed by atoms with E-state index in [4.69, 9.17) is 4.74 Å². The lowest BCUT2D eigenvalue weighted by atomic mass is 10.0. The fourth-order valence-corrected chi connectivity index (χ4v) is 3.10. The number of amides is 1. The summed E-state index contributed by atoms with van der Waals surface area (Å²) in [5, 5.41) is 2.95. The van der Waals surface area contributed by atoms with E-state index in [1.54, 1.807) is 30.0 Å². The van der Waals surface area contributed by atoms with Crippen LogP contribution in [0.1, 0.15) is 49.9 Å². The van der Waals surface area contributed by atoms with Crippen molar-refractivity contribution < 1.29 is 14.3 Å². The van der Waals surface area contributed by atoms with Gasteiger partial charge in [-0.05, 0) is 45.7 Å². The Bertz CT molecular complexity index is 541. The number of nitrogens with one attached hydrogen (secondary N) is 1. The summed E-state index contributed by atoms with van der Waals surface area (Å²) >= 11 is 0. The third kappa shape index (κ3) is 5.67. The zero-order chi connectivity index (χ0) is 17.4. The minimum absolute atomic E-state index is 0.0345. The summed E-state index contributed by atoms with van der Waals surface area (Å²) < 4.78 is 6.64. The van der Waals surface area contributed by atoms with Crippen molar-refractivity contribution in [1.82, 2.24) is 14.8 Å². The molecule has 1 atom stereocenters. The van der Waals surface area contributed by atoms with Gasteiger partial charge >= 0.3 is 5.97 Å². The summed E-state index contributed by atoms with van der Waals surface area (Å²) in [6.07, 6.45) is 8.24. The Balaban J connectivity index is 1.65. The smallest absolute Gasteiger partial charge is 0.339 e. The molecule has 0 aromatic carbocycles. The molecule has 1 unspecified atom stereocenters. The molecule has 1 saturated heterocycles. The number of hydrogen-bond donors (Lipinski definition) is 1. The molecule has 1 aliphatic rings. The number of likely N-dealkylation sites (tertiary alicyclic amines) is 1. The second kappa shape index (κ2) is 9.47. The van der Waals surface area contributed by atoms with E-state index in [1.165, 1.54) is 25.8 Å². The monoisotopic (exact) mass is 335 g/mol. The van der Waals surface area contributed by atoms with Gasteiger partial charge in [0.05, 0.1) is 12.2 Å². The second-order valence-corrected chi connectivity index (χ2v) is 6.38. The zero-order valence-electron chi connectivity index (χ0n) is 14.8. The van der Waals surface area contributed by atoms with Crippen molar-refractivity contribution in [2.45, 2.75) is 52.1 Å². The number of aromatic nitrogens is 1. The van der Waals surface area contributed by atoms with Crippen LogP contribution in [0.25, 0.3) is 0 Å². The number of rotatable bonds is 8. The molecule has 1 amide bonds. The van der Waals surface area contributed by atoms with Crippen LogP contribution in [0, 0.1) is 0 Å². The maximum atomic E-state index is 12.0. The summed E-state index contributed by atoms with van der Waals surface area (Å²) in [7, 11) is 0. The van der Waals surface area contributed by atoms with Crippen LogP contribution in [0.3, 0.4) is 0 Å². The summed E-state index contributed by atoms with van der Waals surface area (Å²) in [5.74, 6) is -0.389. The van der Waals surface area contributed by atoms with Gasteiger partial charge in [-0.2, -0.15) is 0 Å². The van der Waals surface area contributed by atoms with Crippen LogP contribution in [0.15, 0.2) is 18.5 Å². The van der Waals surface area contributed by atoms with Gasteiger partial charge in [0.2, 0.25) is 5.91 Å². The van der Waals surface area contributed by atoms with Gasteiger partial charge in [-0.1, -0.05) is 6.42 Å². The van der Waals surface area contributed by atoms with E-state index >= 15 is 0 Å². The van der Waals surface area contributed by atoms with Crippen molar-refractivity contribution >= 4 is 11.9 Å². The van der Waals surface area contributed by atoms with Crippen molar-refractivity contribution in [2.75, 3.05) is 26.2 Å². The van der Waals surface area contributed by atoms with E-state index in [2.05, 4.69) is 17.1 Å². The molecule has 0 bridgehead atoms. The quantitative estimate of drug-likeness (QED) is 0.583. The normalized spacial score (nSPS) is 18.3. The molecule has 0 aliphatic carbocycles. The molecule has 0 saturated carbocycles. The molecular formula is C18H29N3O3. The van der Waals surface area contributed by atoms with E-state index in [0.29, 0.717) is 24.8 Å². The van der Waals surface area contributed by atoms with E-state index < -0.39 is 0 Å². The molecule has 1 N–H and O–H groups in total. The van der Waals surface area contributed by atoms with Crippen molar-refractivity contribution in [2.24, 2.45) is 0 Å². The number of nitrogens with zero attached hydrogens (tertiary/aromatic N) is 2. The van der Waals surface area contributed by atoms with Crippen molar-refractivity contribution in [3.05, 3.63) is 24.0 Å². The average Bonchev–Trinajstić information content (AvgIpc) is 3.02. The van der Waals surface area contributed by atoms with E-state index in [0.717, 1.165) is 13.0 Å².